The van der Waals surface area contributed by atoms with Crippen LogP contribution in [0.25, 0.3) is 0 Å². The SMILES string of the molecule is CC(=O)CC[C@H]1C(=O)N[C@@H](C(C)C)C(=O)NC(c2cc(O)cc(F)c2)C(=O)N2CCCC(N2)C(=O)O[C@H](/C(C)=C/C=C/C(=O)Nc2ccccn2)C/C=C/C=C/[C@H](O)[C@H](C)[C@H]1O. The van der Waals surface area contributed by atoms with Gasteiger partial charge >= 0.3 is 5.97 Å². The van der Waals surface area contributed by atoms with E-state index in [-0.39, 0.29) is 43.6 Å². The summed E-state index contributed by atoms with van der Waals surface area (Å²) in [7, 11) is 0. The number of hydrazine groups is 1. The van der Waals surface area contributed by atoms with Gasteiger partial charge in [-0.1, -0.05) is 63.3 Å². The molecule has 4 amide bonds. The number of anilines is 1. The molecule has 4 rings (SSSR count). The van der Waals surface area contributed by atoms with Crippen molar-refractivity contribution < 1.29 is 53.2 Å². The Balaban J connectivity index is 1.72. The van der Waals surface area contributed by atoms with Crippen LogP contribution < -0.4 is 21.4 Å². The van der Waals surface area contributed by atoms with Gasteiger partial charge in [-0.15, -0.1) is 0 Å². The number of phenols is 1. The third-order valence-corrected chi connectivity index (χ3v) is 10.6. The van der Waals surface area contributed by atoms with E-state index in [1.807, 2.05) is 0 Å². The number of amides is 4. The number of esters is 1. The second-order valence-electron chi connectivity index (χ2n) is 15.9. The molecule has 3 heterocycles. The van der Waals surface area contributed by atoms with Gasteiger partial charge in [0.05, 0.1) is 18.1 Å². The number of halogens is 1. The molecule has 0 radical (unpaired) electrons. The Hall–Kier alpha value is -6.04. The molecule has 2 aliphatic rings. The lowest BCUT2D eigenvalue weighted by molar-refractivity contribution is -0.156. The molecule has 8 atom stereocenters. The first-order valence-electron chi connectivity index (χ1n) is 20.6. The largest absolute Gasteiger partial charge is 0.508 e. The van der Waals surface area contributed by atoms with E-state index in [4.69, 9.17) is 4.74 Å². The number of nitrogens with one attached hydrogen (secondary N) is 4. The number of ether oxygens (including phenoxy) is 1. The summed E-state index contributed by atoms with van der Waals surface area (Å²) in [6, 6.07) is 3.97. The number of fused-ring (bicyclic) bond motifs is 2. The number of aromatic hydroxyl groups is 1. The Labute approximate surface area is 360 Å². The molecular formula is C45H57FN6O10. The molecular weight excluding hydrogens is 804 g/mol. The number of allylic oxidation sites excluding steroid dienone is 4. The minimum absolute atomic E-state index is 0.0726. The maximum atomic E-state index is 14.7. The third-order valence-electron chi connectivity index (χ3n) is 10.6. The number of aliphatic hydroxyl groups excluding tert-OH is 2. The number of carbonyl (C=O) groups is 6. The summed E-state index contributed by atoms with van der Waals surface area (Å²) < 4.78 is 20.7. The van der Waals surface area contributed by atoms with Gasteiger partial charge in [0.15, 0.2) is 0 Å². The maximum absolute atomic E-state index is 14.7. The van der Waals surface area contributed by atoms with Crippen LogP contribution in [0.2, 0.25) is 0 Å². The van der Waals surface area contributed by atoms with Gasteiger partial charge in [0.1, 0.15) is 47.4 Å². The lowest BCUT2D eigenvalue weighted by Gasteiger charge is -2.36. The van der Waals surface area contributed by atoms with Gasteiger partial charge in [-0.3, -0.25) is 29.0 Å². The fourth-order valence-electron chi connectivity index (χ4n) is 6.92. The zero-order valence-electron chi connectivity index (χ0n) is 35.5. The van der Waals surface area contributed by atoms with Gasteiger partial charge in [0, 0.05) is 43.6 Å². The average molecular weight is 861 g/mol. The van der Waals surface area contributed by atoms with Crippen molar-refractivity contribution in [2.75, 3.05) is 11.9 Å². The molecule has 1 saturated heterocycles. The predicted octanol–water partition coefficient (Wildman–Crippen LogP) is 3.63. The standard InChI is InChI=1S/C45H57FN6O10/c1-26(2)39-43(59)50-40(30-23-31(46)25-32(54)24-30)44(60)52-22-12-14-34(51-52)45(61)62-36(27(3)13-11-18-38(56)48-37-17-9-10-21-47-37)16-8-6-7-15-35(55)29(5)41(57)33(42(58)49-39)20-19-28(4)53/h6-11,13,15,17-18,21,23-26,29,33-36,39-41,51,54-55,57H,12,14,16,19-20,22H2,1-5H3,(H,49,58)(H,50,59)(H,47,48,56)/b8-6+,15-7+,18-11+,27-13+/t29-,33+,34?,35-,36-,39-,40?,41+/m0/s1. The minimum atomic E-state index is -1.63. The highest BCUT2D eigenvalue weighted by Gasteiger charge is 2.39. The summed E-state index contributed by atoms with van der Waals surface area (Å²) in [6.07, 6.45) is 9.06. The number of cyclic esters (lactones) is 1. The first kappa shape index (κ1) is 48.6. The van der Waals surface area contributed by atoms with E-state index in [0.29, 0.717) is 17.8 Å². The Morgan fingerprint density at radius 3 is 2.50 bits per heavy atom. The molecule has 1 aromatic heterocycles. The molecule has 2 aliphatic heterocycles. The molecule has 17 heteroatoms. The monoisotopic (exact) mass is 860 g/mol. The van der Waals surface area contributed by atoms with E-state index in [1.54, 1.807) is 57.2 Å². The quantitative estimate of drug-likeness (QED) is 0.109. The second-order valence-corrected chi connectivity index (χ2v) is 15.9. The number of carbonyl (C=O) groups excluding carboxylic acids is 6. The summed E-state index contributed by atoms with van der Waals surface area (Å²) in [6.45, 7) is 7.91. The van der Waals surface area contributed by atoms with Crippen molar-refractivity contribution in [3.63, 3.8) is 0 Å². The van der Waals surface area contributed by atoms with Crippen molar-refractivity contribution in [3.05, 3.63) is 102 Å². The van der Waals surface area contributed by atoms with Crippen molar-refractivity contribution in [2.45, 2.75) is 103 Å². The van der Waals surface area contributed by atoms with Gasteiger partial charge in [0.25, 0.3) is 5.91 Å². The number of aliphatic hydroxyl groups is 2. The third kappa shape index (κ3) is 14.3. The summed E-state index contributed by atoms with van der Waals surface area (Å²) in [5.74, 6) is -7.70. The van der Waals surface area contributed by atoms with Crippen LogP contribution in [0.5, 0.6) is 5.75 Å². The lowest BCUT2D eigenvalue weighted by Crippen LogP contribution is -2.59. The number of rotatable bonds is 9. The number of phenolic OH excluding ortho intramolecular Hbond substituents is 1. The Morgan fingerprint density at radius 1 is 1.06 bits per heavy atom. The Kier molecular flexibility index (Phi) is 18.2. The fourth-order valence-corrected chi connectivity index (χ4v) is 6.92. The normalized spacial score (nSPS) is 27.3. The highest BCUT2D eigenvalue weighted by atomic mass is 19.1. The zero-order chi connectivity index (χ0) is 45.5. The van der Waals surface area contributed by atoms with Gasteiger partial charge in [-0.25, -0.2) is 14.8 Å². The summed E-state index contributed by atoms with van der Waals surface area (Å²) in [4.78, 5) is 84.7. The average Bonchev–Trinajstić information content (AvgIpc) is 3.22. The molecule has 2 unspecified atom stereocenters. The number of pyridine rings is 1. The van der Waals surface area contributed by atoms with Crippen molar-refractivity contribution in [1.29, 1.82) is 0 Å². The van der Waals surface area contributed by atoms with Crippen molar-refractivity contribution in [3.8, 4) is 5.75 Å². The summed E-state index contributed by atoms with van der Waals surface area (Å²) in [5, 5.41) is 41.9. The molecule has 334 valence electrons. The molecule has 2 bridgehead atoms. The summed E-state index contributed by atoms with van der Waals surface area (Å²) >= 11 is 0. The van der Waals surface area contributed by atoms with Crippen molar-refractivity contribution in [1.82, 2.24) is 26.1 Å². The molecule has 16 nitrogen and oxygen atoms in total. The molecule has 0 saturated carbocycles. The van der Waals surface area contributed by atoms with Crippen LogP contribution in [0.3, 0.4) is 0 Å². The van der Waals surface area contributed by atoms with Crippen LogP contribution in [0, 0.1) is 23.6 Å². The van der Waals surface area contributed by atoms with Gasteiger partial charge in [-0.2, -0.15) is 0 Å². The number of aromatic nitrogens is 1. The highest BCUT2D eigenvalue weighted by Crippen LogP contribution is 2.26. The van der Waals surface area contributed by atoms with Crippen LogP contribution in [-0.2, 0) is 33.5 Å². The second kappa shape index (κ2) is 23.3. The number of ketones is 1. The maximum Gasteiger partial charge on any atom is 0.325 e. The molecule has 0 aliphatic carbocycles. The first-order chi connectivity index (χ1) is 29.4. The number of Topliss-reactive ketones (excluding diaryl/α,β-unsaturated/α-hetero) is 1. The zero-order valence-corrected chi connectivity index (χ0v) is 35.5. The van der Waals surface area contributed by atoms with Crippen molar-refractivity contribution in [2.24, 2.45) is 17.8 Å². The Morgan fingerprint density at radius 2 is 1.82 bits per heavy atom. The van der Waals surface area contributed by atoms with Crippen LogP contribution in [-0.4, -0.2) is 97.6 Å². The molecule has 7 N–H and O–H groups in total. The number of hydrogen-bond acceptors (Lipinski definition) is 12. The van der Waals surface area contributed by atoms with Crippen LogP contribution in [0.15, 0.2) is 90.7 Å². The summed E-state index contributed by atoms with van der Waals surface area (Å²) in [5.41, 5.74) is 3.31. The van der Waals surface area contributed by atoms with E-state index < -0.39 is 95.4 Å². The smallest absolute Gasteiger partial charge is 0.325 e. The van der Waals surface area contributed by atoms with E-state index in [9.17, 15) is 48.5 Å². The molecule has 1 fully saturated rings. The Bertz CT molecular complexity index is 2020. The molecule has 0 spiro atoms. The number of hydrogen-bond donors (Lipinski definition) is 7. The van der Waals surface area contributed by atoms with Gasteiger partial charge in [-0.05, 0) is 74.4 Å². The van der Waals surface area contributed by atoms with Crippen LogP contribution in [0.4, 0.5) is 10.2 Å². The van der Waals surface area contributed by atoms with E-state index in [0.717, 1.165) is 23.2 Å². The molecule has 2 aromatic rings. The van der Waals surface area contributed by atoms with Gasteiger partial charge in [0.2, 0.25) is 17.7 Å². The van der Waals surface area contributed by atoms with E-state index in [2.05, 4.69) is 26.4 Å². The number of nitrogens with zero attached hydrogens (tertiary/aromatic N) is 2. The topological polar surface area (TPSA) is 237 Å². The fraction of sp³-hybridized carbons (Fsp3) is 0.444. The number of benzene rings is 1. The lowest BCUT2D eigenvalue weighted by atomic mass is 9.84. The first-order valence-corrected chi connectivity index (χ1v) is 20.6. The molecule has 62 heavy (non-hydrogen) atoms. The van der Waals surface area contributed by atoms with Crippen LogP contribution in [0.1, 0.15) is 78.3 Å². The predicted molar refractivity (Wildman–Crippen MR) is 227 cm³/mol. The molecule has 1 aromatic carbocycles. The van der Waals surface area contributed by atoms with Gasteiger partial charge < -0.3 is 40.8 Å². The van der Waals surface area contributed by atoms with Crippen molar-refractivity contribution >= 4 is 41.2 Å². The van der Waals surface area contributed by atoms with E-state index in [1.165, 1.54) is 44.3 Å². The minimum Gasteiger partial charge on any atom is -0.508 e. The van der Waals surface area contributed by atoms with Crippen LogP contribution >= 0.6 is 0 Å². The highest BCUT2D eigenvalue weighted by molar-refractivity contribution is 5.98. The van der Waals surface area contributed by atoms with E-state index >= 15 is 0 Å².